The smallest absolute Gasteiger partial charge is 0.335 e. The first-order valence-electron chi connectivity index (χ1n) is 6.03. The monoisotopic (exact) mass is 292 g/mol. The first-order chi connectivity index (χ1) is 9.45. The lowest BCUT2D eigenvalue weighted by Crippen LogP contribution is -2.29. The number of carboxylic acids is 1. The second-order valence-electron chi connectivity index (χ2n) is 4.30. The van der Waals surface area contributed by atoms with Crippen LogP contribution in [0.3, 0.4) is 0 Å². The maximum atomic E-state index is 11.8. The van der Waals surface area contributed by atoms with Crippen molar-refractivity contribution in [2.75, 3.05) is 19.3 Å². The summed E-state index contributed by atoms with van der Waals surface area (Å²) in [7, 11) is 1.65. The first kappa shape index (κ1) is 16.1. The minimum Gasteiger partial charge on any atom is -0.478 e. The van der Waals surface area contributed by atoms with E-state index in [0.29, 0.717) is 13.0 Å². The van der Waals surface area contributed by atoms with Crippen LogP contribution in [0.4, 0.5) is 0 Å². The molecule has 0 aliphatic heterocycles. The fourth-order valence-corrected chi connectivity index (χ4v) is 2.49. The number of amides is 1. The normalized spacial score (nSPS) is 9.85. The third kappa shape index (κ3) is 4.59. The van der Waals surface area contributed by atoms with Gasteiger partial charge in [-0.25, -0.2) is 4.79 Å². The van der Waals surface area contributed by atoms with Crippen LogP contribution >= 0.6 is 11.8 Å². The molecular formula is C14H16N2O3S. The zero-order valence-corrected chi connectivity index (χ0v) is 12.2. The molecule has 5 nitrogen and oxygen atoms in total. The number of aromatic carboxylic acids is 1. The Hall–Kier alpha value is -2.00. The standard InChI is InChI=1S/C14H16N2O3S/c1-10-4-5-11(14(18)19)8-12(10)20-9-13(17)16(2)7-3-6-15/h4-5,8H,3,7,9H2,1-2H3,(H,18,19). The predicted molar refractivity (Wildman–Crippen MR) is 76.7 cm³/mol. The number of carbonyl (C=O) groups excluding carboxylic acids is 1. The van der Waals surface area contributed by atoms with E-state index in [2.05, 4.69) is 0 Å². The Morgan fingerprint density at radius 3 is 2.75 bits per heavy atom. The number of aryl methyl sites for hydroxylation is 1. The number of carbonyl (C=O) groups is 2. The molecule has 1 N–H and O–H groups in total. The summed E-state index contributed by atoms with van der Waals surface area (Å²) in [5.74, 6) is -0.832. The SMILES string of the molecule is Cc1ccc(C(=O)O)cc1SCC(=O)N(C)CCC#N. The summed E-state index contributed by atoms with van der Waals surface area (Å²) in [6.07, 6.45) is 0.306. The molecule has 0 fully saturated rings. The minimum absolute atomic E-state index is 0.0784. The molecule has 20 heavy (non-hydrogen) atoms. The summed E-state index contributed by atoms with van der Waals surface area (Å²) >= 11 is 1.31. The van der Waals surface area contributed by atoms with E-state index in [1.807, 2.05) is 13.0 Å². The molecule has 0 unspecified atom stereocenters. The zero-order chi connectivity index (χ0) is 15.1. The van der Waals surface area contributed by atoms with Crippen molar-refractivity contribution in [3.05, 3.63) is 29.3 Å². The van der Waals surface area contributed by atoms with Crippen molar-refractivity contribution in [2.45, 2.75) is 18.2 Å². The van der Waals surface area contributed by atoms with Crippen molar-refractivity contribution in [1.82, 2.24) is 4.90 Å². The maximum absolute atomic E-state index is 11.8. The first-order valence-corrected chi connectivity index (χ1v) is 7.02. The molecule has 1 rings (SSSR count). The highest BCUT2D eigenvalue weighted by molar-refractivity contribution is 8.00. The van der Waals surface area contributed by atoms with E-state index in [9.17, 15) is 9.59 Å². The van der Waals surface area contributed by atoms with Gasteiger partial charge < -0.3 is 10.0 Å². The number of thioether (sulfide) groups is 1. The van der Waals surface area contributed by atoms with Crippen molar-refractivity contribution < 1.29 is 14.7 Å². The van der Waals surface area contributed by atoms with Crippen LogP contribution in [-0.2, 0) is 4.79 Å². The molecule has 0 saturated carbocycles. The summed E-state index contributed by atoms with van der Waals surface area (Å²) in [5.41, 5.74) is 1.15. The number of hydrogen-bond donors (Lipinski definition) is 1. The van der Waals surface area contributed by atoms with Crippen LogP contribution in [0.25, 0.3) is 0 Å². The number of carboxylic acid groups (broad SMARTS) is 1. The van der Waals surface area contributed by atoms with Crippen molar-refractivity contribution in [3.63, 3.8) is 0 Å². The third-order valence-electron chi connectivity index (χ3n) is 2.77. The van der Waals surface area contributed by atoms with E-state index in [-0.39, 0.29) is 17.2 Å². The van der Waals surface area contributed by atoms with Crippen molar-refractivity contribution in [2.24, 2.45) is 0 Å². The lowest BCUT2D eigenvalue weighted by atomic mass is 10.1. The average molecular weight is 292 g/mol. The fourth-order valence-electron chi connectivity index (χ4n) is 1.48. The highest BCUT2D eigenvalue weighted by Gasteiger charge is 2.11. The largest absolute Gasteiger partial charge is 0.478 e. The van der Waals surface area contributed by atoms with Gasteiger partial charge in [-0.1, -0.05) is 6.07 Å². The molecule has 0 radical (unpaired) electrons. The van der Waals surface area contributed by atoms with E-state index in [0.717, 1.165) is 10.5 Å². The predicted octanol–water partition coefficient (Wildman–Crippen LogP) is 2.16. The molecule has 0 heterocycles. The third-order valence-corrected chi connectivity index (χ3v) is 3.91. The van der Waals surface area contributed by atoms with E-state index >= 15 is 0 Å². The maximum Gasteiger partial charge on any atom is 0.335 e. The number of nitriles is 1. The van der Waals surface area contributed by atoms with Crippen molar-refractivity contribution in [1.29, 1.82) is 5.26 Å². The molecule has 0 atom stereocenters. The summed E-state index contributed by atoms with van der Waals surface area (Å²) in [4.78, 5) is 25.0. The molecule has 0 bridgehead atoms. The molecule has 1 aromatic carbocycles. The van der Waals surface area contributed by atoms with Crippen LogP contribution < -0.4 is 0 Å². The van der Waals surface area contributed by atoms with E-state index < -0.39 is 5.97 Å². The summed E-state index contributed by atoms with van der Waals surface area (Å²) in [5, 5.41) is 17.4. The van der Waals surface area contributed by atoms with Crippen LogP contribution in [0.5, 0.6) is 0 Å². The molecular weight excluding hydrogens is 276 g/mol. The summed E-state index contributed by atoms with van der Waals surface area (Å²) < 4.78 is 0. The second kappa shape index (κ2) is 7.56. The number of rotatable bonds is 6. The van der Waals surface area contributed by atoms with Crippen molar-refractivity contribution in [3.8, 4) is 6.07 Å². The van der Waals surface area contributed by atoms with E-state index in [4.69, 9.17) is 10.4 Å². The van der Waals surface area contributed by atoms with Crippen LogP contribution in [0.2, 0.25) is 0 Å². The highest BCUT2D eigenvalue weighted by atomic mass is 32.2. The Balaban J connectivity index is 2.65. The lowest BCUT2D eigenvalue weighted by Gasteiger charge is -2.15. The number of hydrogen-bond acceptors (Lipinski definition) is 4. The van der Waals surface area contributed by atoms with Gasteiger partial charge in [-0.3, -0.25) is 4.79 Å². The summed E-state index contributed by atoms with van der Waals surface area (Å²) in [6.45, 7) is 2.28. The van der Waals surface area contributed by atoms with Crippen LogP contribution in [0.1, 0.15) is 22.3 Å². The topological polar surface area (TPSA) is 81.4 Å². The van der Waals surface area contributed by atoms with Crippen LogP contribution in [0, 0.1) is 18.3 Å². The van der Waals surface area contributed by atoms with Gasteiger partial charge >= 0.3 is 5.97 Å². The van der Waals surface area contributed by atoms with Gasteiger partial charge in [0.25, 0.3) is 0 Å². The Kier molecular flexibility index (Phi) is 6.07. The Morgan fingerprint density at radius 2 is 2.15 bits per heavy atom. The number of benzene rings is 1. The van der Waals surface area contributed by atoms with Gasteiger partial charge in [0, 0.05) is 18.5 Å². The van der Waals surface area contributed by atoms with Gasteiger partial charge in [-0.2, -0.15) is 5.26 Å². The van der Waals surface area contributed by atoms with E-state index in [1.54, 1.807) is 25.2 Å². The quantitative estimate of drug-likeness (QED) is 0.812. The Labute approximate surface area is 122 Å². The Morgan fingerprint density at radius 1 is 1.45 bits per heavy atom. The molecule has 1 amide bonds. The molecule has 0 aromatic heterocycles. The number of nitrogens with zero attached hydrogens (tertiary/aromatic N) is 2. The van der Waals surface area contributed by atoms with Gasteiger partial charge in [-0.05, 0) is 24.6 Å². The lowest BCUT2D eigenvalue weighted by molar-refractivity contribution is -0.127. The fraction of sp³-hybridized carbons (Fsp3) is 0.357. The highest BCUT2D eigenvalue weighted by Crippen LogP contribution is 2.24. The second-order valence-corrected chi connectivity index (χ2v) is 5.31. The van der Waals surface area contributed by atoms with Crippen LogP contribution in [-0.4, -0.2) is 41.2 Å². The van der Waals surface area contributed by atoms with Crippen LogP contribution in [0.15, 0.2) is 23.1 Å². The van der Waals surface area contributed by atoms with Gasteiger partial charge in [-0.15, -0.1) is 11.8 Å². The molecule has 0 spiro atoms. The van der Waals surface area contributed by atoms with E-state index in [1.165, 1.54) is 16.7 Å². The van der Waals surface area contributed by atoms with Gasteiger partial charge in [0.15, 0.2) is 0 Å². The summed E-state index contributed by atoms with van der Waals surface area (Å²) in [6, 6.07) is 6.84. The van der Waals surface area contributed by atoms with Gasteiger partial charge in [0.1, 0.15) is 0 Å². The zero-order valence-electron chi connectivity index (χ0n) is 11.4. The Bertz CT molecular complexity index is 552. The van der Waals surface area contributed by atoms with Crippen molar-refractivity contribution >= 4 is 23.6 Å². The van der Waals surface area contributed by atoms with Gasteiger partial charge in [0.05, 0.1) is 23.8 Å². The molecule has 0 aliphatic carbocycles. The molecule has 106 valence electrons. The molecule has 0 saturated heterocycles. The average Bonchev–Trinajstić information content (AvgIpc) is 2.43. The molecule has 6 heteroatoms. The minimum atomic E-state index is -0.982. The molecule has 1 aromatic rings. The molecule has 0 aliphatic rings. The van der Waals surface area contributed by atoms with Gasteiger partial charge in [0.2, 0.25) is 5.91 Å².